The van der Waals surface area contributed by atoms with E-state index in [-0.39, 0.29) is 17.7 Å². The number of ether oxygens (including phenoxy) is 1. The van der Waals surface area contributed by atoms with Crippen molar-refractivity contribution in [1.82, 2.24) is 9.80 Å². The summed E-state index contributed by atoms with van der Waals surface area (Å²) in [6.07, 6.45) is -1.01. The maximum atomic E-state index is 12.2. The van der Waals surface area contributed by atoms with Gasteiger partial charge in [0.2, 0.25) is 5.91 Å². The second-order valence-electron chi connectivity index (χ2n) is 6.41. The van der Waals surface area contributed by atoms with E-state index in [9.17, 15) is 18.0 Å². The molecule has 1 aromatic rings. The van der Waals surface area contributed by atoms with E-state index in [1.165, 1.54) is 12.1 Å². The lowest BCUT2D eigenvalue weighted by Crippen LogP contribution is -2.48. The Balaban J connectivity index is 1.56. The number of halogens is 3. The largest absolute Gasteiger partial charge is 0.573 e. The highest BCUT2D eigenvalue weighted by atomic mass is 19.4. The standard InChI is InChI=1S/C17H21F3N2O2/c18-17(19,20)24-15-7-5-13(6-8-15)11-21-9-1-3-14(12-21)22-10-2-4-16(22)23/h5-8,14H,1-4,9-12H2/t14-/m1/s1. The fraction of sp³-hybridized carbons (Fsp3) is 0.588. The Morgan fingerprint density at radius 1 is 1.12 bits per heavy atom. The fourth-order valence-corrected chi connectivity index (χ4v) is 3.54. The molecule has 2 heterocycles. The van der Waals surface area contributed by atoms with Gasteiger partial charge in [-0.25, -0.2) is 0 Å². The van der Waals surface area contributed by atoms with Crippen molar-refractivity contribution in [1.29, 1.82) is 0 Å². The Labute approximate surface area is 139 Å². The van der Waals surface area contributed by atoms with Gasteiger partial charge < -0.3 is 9.64 Å². The van der Waals surface area contributed by atoms with Crippen molar-refractivity contribution in [3.8, 4) is 5.75 Å². The molecule has 132 valence electrons. The Kier molecular flexibility index (Phi) is 4.99. The van der Waals surface area contributed by atoms with E-state index < -0.39 is 6.36 Å². The summed E-state index contributed by atoms with van der Waals surface area (Å²) in [5.41, 5.74) is 0.943. The van der Waals surface area contributed by atoms with Gasteiger partial charge in [-0.15, -0.1) is 13.2 Å². The molecule has 0 N–H and O–H groups in total. The second-order valence-corrected chi connectivity index (χ2v) is 6.41. The van der Waals surface area contributed by atoms with Crippen LogP contribution in [0.15, 0.2) is 24.3 Å². The van der Waals surface area contributed by atoms with Crippen LogP contribution in [0, 0.1) is 0 Å². The van der Waals surface area contributed by atoms with Crippen molar-refractivity contribution in [2.45, 2.75) is 44.6 Å². The van der Waals surface area contributed by atoms with Gasteiger partial charge in [0.1, 0.15) is 5.75 Å². The van der Waals surface area contributed by atoms with Crippen LogP contribution in [0.3, 0.4) is 0 Å². The van der Waals surface area contributed by atoms with Crippen LogP contribution in [0.25, 0.3) is 0 Å². The SMILES string of the molecule is O=C1CCCN1[C@@H]1CCCN(Cc2ccc(OC(F)(F)F)cc2)C1. The van der Waals surface area contributed by atoms with Crippen LogP contribution in [0.5, 0.6) is 5.75 Å². The molecule has 1 aromatic carbocycles. The minimum Gasteiger partial charge on any atom is -0.406 e. The topological polar surface area (TPSA) is 32.8 Å². The molecule has 0 spiro atoms. The number of piperidine rings is 1. The molecule has 2 saturated heterocycles. The van der Waals surface area contributed by atoms with E-state index in [2.05, 4.69) is 9.64 Å². The zero-order valence-electron chi connectivity index (χ0n) is 13.4. The van der Waals surface area contributed by atoms with Gasteiger partial charge in [0.25, 0.3) is 0 Å². The monoisotopic (exact) mass is 342 g/mol. The molecule has 0 unspecified atom stereocenters. The normalized spacial score (nSPS) is 22.9. The Bertz CT molecular complexity index is 574. The van der Waals surface area contributed by atoms with E-state index in [0.717, 1.165) is 44.5 Å². The molecular weight excluding hydrogens is 321 g/mol. The second kappa shape index (κ2) is 7.01. The first kappa shape index (κ1) is 17.1. The summed E-state index contributed by atoms with van der Waals surface area (Å²) in [5, 5.41) is 0. The number of hydrogen-bond acceptors (Lipinski definition) is 3. The summed E-state index contributed by atoms with van der Waals surface area (Å²) in [5.74, 6) is 0.0425. The van der Waals surface area contributed by atoms with Crippen LogP contribution in [0.4, 0.5) is 13.2 Å². The highest BCUT2D eigenvalue weighted by molar-refractivity contribution is 5.78. The molecular formula is C17H21F3N2O2. The van der Waals surface area contributed by atoms with Crippen molar-refractivity contribution < 1.29 is 22.7 Å². The van der Waals surface area contributed by atoms with Crippen LogP contribution in [-0.2, 0) is 11.3 Å². The minimum absolute atomic E-state index is 0.203. The van der Waals surface area contributed by atoms with Gasteiger partial charge >= 0.3 is 6.36 Å². The van der Waals surface area contributed by atoms with Crippen molar-refractivity contribution in [3.63, 3.8) is 0 Å². The predicted molar refractivity (Wildman–Crippen MR) is 82.4 cm³/mol. The summed E-state index contributed by atoms with van der Waals surface area (Å²) >= 11 is 0. The average molecular weight is 342 g/mol. The van der Waals surface area contributed by atoms with Crippen molar-refractivity contribution in [2.24, 2.45) is 0 Å². The third-order valence-corrected chi connectivity index (χ3v) is 4.59. The maximum absolute atomic E-state index is 12.2. The van der Waals surface area contributed by atoms with Gasteiger partial charge in [-0.2, -0.15) is 0 Å². The number of rotatable bonds is 4. The van der Waals surface area contributed by atoms with Crippen LogP contribution in [0.1, 0.15) is 31.2 Å². The number of nitrogens with zero attached hydrogens (tertiary/aromatic N) is 2. The first-order valence-electron chi connectivity index (χ1n) is 8.27. The average Bonchev–Trinajstić information content (AvgIpc) is 2.94. The molecule has 0 bridgehead atoms. The van der Waals surface area contributed by atoms with Gasteiger partial charge in [0.15, 0.2) is 0 Å². The maximum Gasteiger partial charge on any atom is 0.573 e. The first-order valence-corrected chi connectivity index (χ1v) is 8.27. The molecule has 4 nitrogen and oxygen atoms in total. The lowest BCUT2D eigenvalue weighted by atomic mass is 10.0. The molecule has 1 amide bonds. The molecule has 7 heteroatoms. The van der Waals surface area contributed by atoms with Crippen molar-refractivity contribution in [3.05, 3.63) is 29.8 Å². The Hall–Kier alpha value is -1.76. The van der Waals surface area contributed by atoms with Crippen LogP contribution >= 0.6 is 0 Å². The molecule has 2 aliphatic heterocycles. The van der Waals surface area contributed by atoms with Gasteiger partial charge in [0.05, 0.1) is 0 Å². The number of likely N-dealkylation sites (tertiary alicyclic amines) is 2. The zero-order valence-corrected chi connectivity index (χ0v) is 13.4. The molecule has 1 atom stereocenters. The summed E-state index contributed by atoms with van der Waals surface area (Å²) in [6.45, 7) is 3.29. The number of carbonyl (C=O) groups excluding carboxylic acids is 1. The fourth-order valence-electron chi connectivity index (χ4n) is 3.54. The summed E-state index contributed by atoms with van der Waals surface area (Å²) in [6, 6.07) is 6.27. The molecule has 2 fully saturated rings. The van der Waals surface area contributed by atoms with Crippen LogP contribution in [-0.4, -0.2) is 47.7 Å². The molecule has 3 rings (SSSR count). The van der Waals surface area contributed by atoms with Gasteiger partial charge in [-0.3, -0.25) is 9.69 Å². The van der Waals surface area contributed by atoms with Gasteiger partial charge in [-0.05, 0) is 43.5 Å². The molecule has 24 heavy (non-hydrogen) atoms. The van der Waals surface area contributed by atoms with Crippen LogP contribution < -0.4 is 4.74 Å². The third-order valence-electron chi connectivity index (χ3n) is 4.59. The zero-order chi connectivity index (χ0) is 17.2. The van der Waals surface area contributed by atoms with Crippen molar-refractivity contribution in [2.75, 3.05) is 19.6 Å². The molecule has 0 aliphatic carbocycles. The van der Waals surface area contributed by atoms with Crippen LogP contribution in [0.2, 0.25) is 0 Å². The summed E-state index contributed by atoms with van der Waals surface area (Å²) in [7, 11) is 0. The lowest BCUT2D eigenvalue weighted by molar-refractivity contribution is -0.274. The third kappa shape index (κ3) is 4.41. The number of carbonyl (C=O) groups is 1. The lowest BCUT2D eigenvalue weighted by Gasteiger charge is -2.37. The summed E-state index contributed by atoms with van der Waals surface area (Å²) < 4.78 is 40.4. The van der Waals surface area contributed by atoms with E-state index in [4.69, 9.17) is 0 Å². The quantitative estimate of drug-likeness (QED) is 0.843. The molecule has 0 saturated carbocycles. The Morgan fingerprint density at radius 2 is 1.88 bits per heavy atom. The number of hydrogen-bond donors (Lipinski definition) is 0. The molecule has 0 radical (unpaired) electrons. The highest BCUT2D eigenvalue weighted by Crippen LogP contribution is 2.25. The predicted octanol–water partition coefficient (Wildman–Crippen LogP) is 3.17. The number of benzene rings is 1. The van der Waals surface area contributed by atoms with Crippen molar-refractivity contribution >= 4 is 5.91 Å². The van der Waals surface area contributed by atoms with E-state index in [0.29, 0.717) is 13.0 Å². The van der Waals surface area contributed by atoms with E-state index >= 15 is 0 Å². The Morgan fingerprint density at radius 3 is 2.50 bits per heavy atom. The molecule has 2 aliphatic rings. The van der Waals surface area contributed by atoms with Gasteiger partial charge in [-0.1, -0.05) is 12.1 Å². The first-order chi connectivity index (χ1) is 11.4. The highest BCUT2D eigenvalue weighted by Gasteiger charge is 2.32. The smallest absolute Gasteiger partial charge is 0.406 e. The van der Waals surface area contributed by atoms with E-state index in [1.54, 1.807) is 12.1 Å². The number of alkyl halides is 3. The molecule has 0 aromatic heterocycles. The van der Waals surface area contributed by atoms with E-state index in [1.807, 2.05) is 4.90 Å². The minimum atomic E-state index is -4.66. The summed E-state index contributed by atoms with van der Waals surface area (Å²) in [4.78, 5) is 16.1. The number of amides is 1. The van der Waals surface area contributed by atoms with Gasteiger partial charge in [0, 0.05) is 32.1 Å².